The number of halogens is 1. The van der Waals surface area contributed by atoms with Gasteiger partial charge >= 0.3 is 0 Å². The number of benzene rings is 3. The van der Waals surface area contributed by atoms with Gasteiger partial charge in [0.15, 0.2) is 0 Å². The van der Waals surface area contributed by atoms with Crippen LogP contribution in [0.1, 0.15) is 24.4 Å². The van der Waals surface area contributed by atoms with Crippen molar-refractivity contribution in [2.75, 3.05) is 24.4 Å². The minimum absolute atomic E-state index is 0.106. The van der Waals surface area contributed by atoms with Gasteiger partial charge in [-0.1, -0.05) is 30.3 Å². The molecule has 0 aromatic heterocycles. The van der Waals surface area contributed by atoms with Crippen molar-refractivity contribution in [1.29, 1.82) is 0 Å². The second-order valence-corrected chi connectivity index (χ2v) is 7.76. The van der Waals surface area contributed by atoms with Crippen LogP contribution >= 0.6 is 0 Å². The van der Waals surface area contributed by atoms with Gasteiger partial charge in [0, 0.05) is 17.7 Å². The summed E-state index contributed by atoms with van der Waals surface area (Å²) in [6.45, 7) is 0. The highest BCUT2D eigenvalue weighted by atomic mass is 19.1. The Morgan fingerprint density at radius 3 is 2.36 bits per heavy atom. The van der Waals surface area contributed by atoms with Gasteiger partial charge in [0.2, 0.25) is 11.8 Å². The molecule has 170 valence electrons. The first-order valence-corrected chi connectivity index (χ1v) is 10.7. The zero-order valence-corrected chi connectivity index (χ0v) is 18.5. The van der Waals surface area contributed by atoms with E-state index in [0.29, 0.717) is 29.2 Å². The Labute approximate surface area is 191 Å². The number of carbonyl (C=O) groups excluding carboxylic acids is 2. The number of hydrogen-bond acceptors (Lipinski definition) is 4. The Morgan fingerprint density at radius 1 is 0.970 bits per heavy atom. The summed E-state index contributed by atoms with van der Waals surface area (Å²) < 4.78 is 25.0. The summed E-state index contributed by atoms with van der Waals surface area (Å²) in [6, 6.07) is 19.8. The largest absolute Gasteiger partial charge is 0.497 e. The number of methoxy groups -OCH3 is 2. The molecule has 0 saturated carbocycles. The third-order valence-corrected chi connectivity index (χ3v) is 5.87. The van der Waals surface area contributed by atoms with Crippen LogP contribution in [0.15, 0.2) is 72.8 Å². The predicted octanol–water partition coefficient (Wildman–Crippen LogP) is 4.97. The van der Waals surface area contributed by atoms with Crippen LogP contribution in [0.25, 0.3) is 0 Å². The van der Waals surface area contributed by atoms with Crippen molar-refractivity contribution in [3.05, 3.63) is 84.2 Å². The maximum absolute atomic E-state index is 14.2. The molecular formula is C26H25FN2O4. The molecule has 6 nitrogen and oxygen atoms in total. The molecule has 4 rings (SSSR count). The maximum atomic E-state index is 14.2. The van der Waals surface area contributed by atoms with Crippen molar-refractivity contribution in [2.24, 2.45) is 5.92 Å². The lowest BCUT2D eigenvalue weighted by Crippen LogP contribution is -2.47. The maximum Gasteiger partial charge on any atom is 0.230 e. The van der Waals surface area contributed by atoms with E-state index in [0.717, 1.165) is 0 Å². The number of para-hydroxylation sites is 2. The van der Waals surface area contributed by atoms with E-state index in [2.05, 4.69) is 5.32 Å². The standard InChI is InChI=1S/C26H25FN2O4/c1-32-18-13-11-17(12-14-18)29-24(30)16-15-20(25(29)19-7-3-6-10-23(19)33-2)26(31)28-22-9-5-4-8-21(22)27/h3-14,20,25H,15-16H2,1-2H3,(H,28,31). The highest BCUT2D eigenvalue weighted by Gasteiger charge is 2.42. The molecule has 2 amide bonds. The Kier molecular flexibility index (Phi) is 6.58. The molecule has 7 heteroatoms. The van der Waals surface area contributed by atoms with Crippen LogP contribution in [0.2, 0.25) is 0 Å². The number of rotatable bonds is 6. The number of amides is 2. The number of hydrogen-bond donors (Lipinski definition) is 1. The molecule has 0 aliphatic carbocycles. The summed E-state index contributed by atoms with van der Waals surface area (Å²) in [5.74, 6) is -0.377. The van der Waals surface area contributed by atoms with Gasteiger partial charge in [-0.3, -0.25) is 9.59 Å². The zero-order chi connectivity index (χ0) is 23.4. The molecule has 1 fully saturated rings. The minimum atomic E-state index is -0.637. The fourth-order valence-corrected chi connectivity index (χ4v) is 4.27. The van der Waals surface area contributed by atoms with Gasteiger partial charge < -0.3 is 19.7 Å². The molecule has 1 saturated heterocycles. The Hall–Kier alpha value is -3.87. The lowest BCUT2D eigenvalue weighted by atomic mass is 9.82. The zero-order valence-electron chi connectivity index (χ0n) is 18.5. The topological polar surface area (TPSA) is 67.9 Å². The van der Waals surface area contributed by atoms with Crippen LogP contribution in [0.5, 0.6) is 11.5 Å². The van der Waals surface area contributed by atoms with Gasteiger partial charge in [-0.2, -0.15) is 0 Å². The highest BCUT2D eigenvalue weighted by molar-refractivity contribution is 6.00. The lowest BCUT2D eigenvalue weighted by Gasteiger charge is -2.41. The summed E-state index contributed by atoms with van der Waals surface area (Å²) in [5.41, 5.74) is 1.45. The quantitative estimate of drug-likeness (QED) is 0.578. The summed E-state index contributed by atoms with van der Waals surface area (Å²) in [5, 5.41) is 2.71. The number of nitrogens with zero attached hydrogens (tertiary/aromatic N) is 1. The van der Waals surface area contributed by atoms with Gasteiger partial charge in [0.1, 0.15) is 17.3 Å². The molecule has 3 aromatic rings. The van der Waals surface area contributed by atoms with Gasteiger partial charge in [-0.25, -0.2) is 4.39 Å². The van der Waals surface area contributed by atoms with Crippen molar-refractivity contribution < 1.29 is 23.5 Å². The first-order valence-electron chi connectivity index (χ1n) is 10.7. The van der Waals surface area contributed by atoms with Crippen molar-refractivity contribution >= 4 is 23.2 Å². The van der Waals surface area contributed by atoms with E-state index in [9.17, 15) is 14.0 Å². The summed E-state index contributed by atoms with van der Waals surface area (Å²) in [4.78, 5) is 28.2. The first kappa shape index (κ1) is 22.3. The van der Waals surface area contributed by atoms with E-state index in [-0.39, 0.29) is 23.9 Å². The molecule has 2 unspecified atom stereocenters. The van der Waals surface area contributed by atoms with Crippen LogP contribution in [-0.4, -0.2) is 26.0 Å². The van der Waals surface area contributed by atoms with Gasteiger partial charge in [-0.15, -0.1) is 0 Å². The highest BCUT2D eigenvalue weighted by Crippen LogP contribution is 2.43. The van der Waals surface area contributed by atoms with E-state index in [4.69, 9.17) is 9.47 Å². The monoisotopic (exact) mass is 448 g/mol. The Balaban J connectivity index is 1.78. The smallest absolute Gasteiger partial charge is 0.230 e. The van der Waals surface area contributed by atoms with E-state index in [1.54, 1.807) is 61.6 Å². The molecule has 1 heterocycles. The minimum Gasteiger partial charge on any atom is -0.497 e. The fraction of sp³-hybridized carbons (Fsp3) is 0.231. The number of carbonyl (C=O) groups is 2. The van der Waals surface area contributed by atoms with Crippen molar-refractivity contribution in [3.63, 3.8) is 0 Å². The predicted molar refractivity (Wildman–Crippen MR) is 124 cm³/mol. The number of anilines is 2. The third-order valence-electron chi connectivity index (χ3n) is 5.87. The average molecular weight is 448 g/mol. The summed E-state index contributed by atoms with van der Waals surface area (Å²) in [6.07, 6.45) is 0.515. The molecular weight excluding hydrogens is 423 g/mol. The molecule has 0 radical (unpaired) electrons. The molecule has 33 heavy (non-hydrogen) atoms. The Bertz CT molecular complexity index is 1150. The van der Waals surface area contributed by atoms with Crippen molar-refractivity contribution in [3.8, 4) is 11.5 Å². The van der Waals surface area contributed by atoms with E-state index in [1.807, 2.05) is 18.2 Å². The second kappa shape index (κ2) is 9.73. The third kappa shape index (κ3) is 4.53. The molecule has 1 aliphatic rings. The van der Waals surface area contributed by atoms with Gasteiger partial charge in [-0.05, 0) is 48.9 Å². The van der Waals surface area contributed by atoms with Crippen LogP contribution in [0.3, 0.4) is 0 Å². The molecule has 2 atom stereocenters. The number of nitrogens with one attached hydrogen (secondary N) is 1. The van der Waals surface area contributed by atoms with Crippen LogP contribution in [0.4, 0.5) is 15.8 Å². The normalized spacial score (nSPS) is 18.0. The lowest BCUT2D eigenvalue weighted by molar-refractivity contribution is -0.126. The first-order chi connectivity index (χ1) is 16.0. The SMILES string of the molecule is COc1ccc(N2C(=O)CCC(C(=O)Nc3ccccc3F)C2c2ccccc2OC)cc1. The Morgan fingerprint density at radius 2 is 1.67 bits per heavy atom. The van der Waals surface area contributed by atoms with Gasteiger partial charge in [0.05, 0.1) is 31.9 Å². The van der Waals surface area contributed by atoms with Crippen molar-refractivity contribution in [2.45, 2.75) is 18.9 Å². The summed E-state index contributed by atoms with van der Waals surface area (Å²) >= 11 is 0. The summed E-state index contributed by atoms with van der Waals surface area (Å²) in [7, 11) is 3.12. The molecule has 3 aromatic carbocycles. The molecule has 1 N–H and O–H groups in total. The average Bonchev–Trinajstić information content (AvgIpc) is 2.85. The van der Waals surface area contributed by atoms with Crippen LogP contribution < -0.4 is 19.7 Å². The molecule has 0 bridgehead atoms. The molecule has 1 aliphatic heterocycles. The second-order valence-electron chi connectivity index (χ2n) is 7.76. The van der Waals surface area contributed by atoms with Crippen LogP contribution in [-0.2, 0) is 9.59 Å². The van der Waals surface area contributed by atoms with Gasteiger partial charge in [0.25, 0.3) is 0 Å². The molecule has 0 spiro atoms. The number of ether oxygens (including phenoxy) is 2. The number of piperidine rings is 1. The van der Waals surface area contributed by atoms with Crippen LogP contribution in [0, 0.1) is 11.7 Å². The van der Waals surface area contributed by atoms with E-state index in [1.165, 1.54) is 12.1 Å². The van der Waals surface area contributed by atoms with Crippen molar-refractivity contribution in [1.82, 2.24) is 0 Å². The van der Waals surface area contributed by atoms with E-state index < -0.39 is 17.8 Å². The fourth-order valence-electron chi connectivity index (χ4n) is 4.27. The van der Waals surface area contributed by atoms with E-state index >= 15 is 0 Å².